The van der Waals surface area contributed by atoms with Crippen molar-refractivity contribution in [2.75, 3.05) is 0 Å². The molecule has 1 unspecified atom stereocenters. The largest absolute Gasteiger partial charge is 0.534 e. The van der Waals surface area contributed by atoms with Gasteiger partial charge in [0.1, 0.15) is 17.3 Å². The Morgan fingerprint density at radius 2 is 2.00 bits per heavy atom. The molecule has 4 nitrogen and oxygen atoms in total. The van der Waals surface area contributed by atoms with Crippen molar-refractivity contribution in [2.45, 2.75) is 30.4 Å². The zero-order chi connectivity index (χ0) is 16.6. The Hall–Kier alpha value is -1.71. The van der Waals surface area contributed by atoms with Crippen molar-refractivity contribution in [1.29, 1.82) is 0 Å². The first-order valence-electron chi connectivity index (χ1n) is 6.05. The van der Waals surface area contributed by atoms with E-state index in [0.29, 0.717) is 0 Å². The molecule has 1 aliphatic carbocycles. The van der Waals surface area contributed by atoms with E-state index in [0.717, 1.165) is 12.1 Å². The lowest BCUT2D eigenvalue weighted by Gasteiger charge is -2.28. The van der Waals surface area contributed by atoms with E-state index in [9.17, 15) is 30.4 Å². The van der Waals surface area contributed by atoms with Gasteiger partial charge in [-0.05, 0) is 24.6 Å². The van der Waals surface area contributed by atoms with E-state index in [1.54, 1.807) is 0 Å². The lowest BCUT2D eigenvalue weighted by molar-refractivity contribution is -0.0526. The van der Waals surface area contributed by atoms with E-state index in [4.69, 9.17) is 0 Å². The molecule has 0 aromatic carbocycles. The topological polar surface area (TPSA) is 56.3 Å². The van der Waals surface area contributed by atoms with Crippen LogP contribution in [0.2, 0.25) is 0 Å². The van der Waals surface area contributed by atoms with Crippen LogP contribution in [0.1, 0.15) is 25.0 Å². The second kappa shape index (κ2) is 5.49. The van der Waals surface area contributed by atoms with Crippen molar-refractivity contribution >= 4 is 10.1 Å². The number of aromatic nitrogens is 1. The molecular formula is C12H10F5NO3S. The molecule has 1 heterocycles. The molecule has 0 spiro atoms. The molecular weight excluding hydrogens is 333 g/mol. The molecule has 0 saturated carbocycles. The molecule has 0 bridgehead atoms. The van der Waals surface area contributed by atoms with E-state index in [-0.39, 0.29) is 0 Å². The number of alkyl halides is 4. The van der Waals surface area contributed by atoms with Gasteiger partial charge < -0.3 is 4.18 Å². The van der Waals surface area contributed by atoms with Gasteiger partial charge in [-0.15, -0.1) is 0 Å². The summed E-state index contributed by atoms with van der Waals surface area (Å²) in [7, 11) is -5.79. The summed E-state index contributed by atoms with van der Waals surface area (Å²) in [6.45, 7) is 0. The summed E-state index contributed by atoms with van der Waals surface area (Å²) in [6.07, 6.45) is 0.635. The summed E-state index contributed by atoms with van der Waals surface area (Å²) < 4.78 is 90.4. The molecule has 0 N–H and O–H groups in total. The highest BCUT2D eigenvalue weighted by Gasteiger charge is 2.49. The van der Waals surface area contributed by atoms with Gasteiger partial charge in [-0.3, -0.25) is 4.98 Å². The van der Waals surface area contributed by atoms with Gasteiger partial charge in [0.05, 0.1) is 0 Å². The Morgan fingerprint density at radius 3 is 2.50 bits per heavy atom. The minimum absolute atomic E-state index is 0.429. The van der Waals surface area contributed by atoms with Crippen molar-refractivity contribution < 1.29 is 34.6 Å². The van der Waals surface area contributed by atoms with Crippen LogP contribution < -0.4 is 0 Å². The molecule has 2 rings (SSSR count). The smallest absolute Gasteiger partial charge is 0.381 e. The van der Waals surface area contributed by atoms with Gasteiger partial charge in [0, 0.05) is 19.0 Å². The second-order valence-electron chi connectivity index (χ2n) is 4.66. The maximum Gasteiger partial charge on any atom is 0.534 e. The first-order chi connectivity index (χ1) is 10.1. The van der Waals surface area contributed by atoms with E-state index >= 15 is 0 Å². The van der Waals surface area contributed by atoms with Crippen LogP contribution >= 0.6 is 0 Å². The van der Waals surface area contributed by atoms with Crippen LogP contribution in [0.3, 0.4) is 0 Å². The van der Waals surface area contributed by atoms with Crippen LogP contribution in [0.25, 0.3) is 0 Å². The molecule has 1 atom stereocenters. The fourth-order valence-electron chi connectivity index (χ4n) is 2.00. The summed E-state index contributed by atoms with van der Waals surface area (Å²) in [6, 6.07) is 2.28. The number of nitrogens with zero attached hydrogens (tertiary/aromatic N) is 1. The van der Waals surface area contributed by atoms with Crippen LogP contribution in [-0.2, 0) is 20.0 Å². The monoisotopic (exact) mass is 343 g/mol. The summed E-state index contributed by atoms with van der Waals surface area (Å²) >= 11 is 0. The van der Waals surface area contributed by atoms with Gasteiger partial charge in [-0.25, -0.2) is 8.78 Å². The second-order valence-corrected chi connectivity index (χ2v) is 6.19. The van der Waals surface area contributed by atoms with E-state index in [1.165, 1.54) is 12.3 Å². The molecule has 0 fully saturated rings. The van der Waals surface area contributed by atoms with Gasteiger partial charge in [-0.1, -0.05) is 0 Å². The van der Waals surface area contributed by atoms with Crippen LogP contribution in [0.4, 0.5) is 22.0 Å². The third-order valence-corrected chi connectivity index (χ3v) is 4.10. The first-order valence-corrected chi connectivity index (χ1v) is 7.46. The first kappa shape index (κ1) is 16.7. The molecule has 1 aliphatic rings. The molecule has 22 heavy (non-hydrogen) atoms. The van der Waals surface area contributed by atoms with Crippen LogP contribution in [0.15, 0.2) is 30.2 Å². The van der Waals surface area contributed by atoms with Gasteiger partial charge in [0.25, 0.3) is 0 Å². The maximum absolute atomic E-state index is 14.6. The Morgan fingerprint density at radius 1 is 1.32 bits per heavy atom. The van der Waals surface area contributed by atoms with Crippen molar-refractivity contribution in [3.8, 4) is 0 Å². The van der Waals surface area contributed by atoms with Gasteiger partial charge in [-0.2, -0.15) is 21.6 Å². The summed E-state index contributed by atoms with van der Waals surface area (Å²) in [5.74, 6) is -1.41. The standard InChI is InChI=1S/C12H10F5NO3S/c13-9-2-1-7-18-10(9)11(14)5-3-8(4-6-11)21-22(19,20)12(15,16)17/h1-3,7H,4-6H2. The third-order valence-electron chi connectivity index (χ3n) is 3.10. The van der Waals surface area contributed by atoms with Gasteiger partial charge in [0.15, 0.2) is 5.67 Å². The fourth-order valence-corrected chi connectivity index (χ4v) is 2.52. The summed E-state index contributed by atoms with van der Waals surface area (Å²) in [5.41, 5.74) is -8.25. The normalized spacial score (nSPS) is 23.0. The highest BCUT2D eigenvalue weighted by Crippen LogP contribution is 2.41. The van der Waals surface area contributed by atoms with Crippen LogP contribution in [0.5, 0.6) is 0 Å². The Labute approximate surface area is 122 Å². The number of pyridine rings is 1. The fraction of sp³-hybridized carbons (Fsp3) is 0.417. The molecule has 0 aliphatic heterocycles. The molecule has 0 radical (unpaired) electrons. The van der Waals surface area contributed by atoms with E-state index in [2.05, 4.69) is 9.17 Å². The van der Waals surface area contributed by atoms with Gasteiger partial charge in [0.2, 0.25) is 0 Å². The number of halogens is 5. The molecule has 10 heteroatoms. The predicted octanol–water partition coefficient (Wildman–Crippen LogP) is 3.32. The third kappa shape index (κ3) is 3.21. The molecule has 0 saturated heterocycles. The predicted molar refractivity (Wildman–Crippen MR) is 65.0 cm³/mol. The minimum Gasteiger partial charge on any atom is -0.381 e. The molecule has 1 aromatic heterocycles. The average Bonchev–Trinajstić information content (AvgIpc) is 2.40. The number of allylic oxidation sites excluding steroid dienone is 2. The van der Waals surface area contributed by atoms with Crippen molar-refractivity contribution in [3.63, 3.8) is 0 Å². The zero-order valence-electron chi connectivity index (χ0n) is 10.9. The van der Waals surface area contributed by atoms with Crippen LogP contribution in [-0.4, -0.2) is 18.9 Å². The summed E-state index contributed by atoms with van der Waals surface area (Å²) in [4.78, 5) is 3.59. The van der Waals surface area contributed by atoms with Crippen molar-refractivity contribution in [2.24, 2.45) is 0 Å². The molecule has 0 amide bonds. The lowest BCUT2D eigenvalue weighted by atomic mass is 9.87. The quantitative estimate of drug-likeness (QED) is 0.480. The maximum atomic E-state index is 14.6. The number of hydrogen-bond acceptors (Lipinski definition) is 4. The Bertz CT molecular complexity index is 701. The van der Waals surface area contributed by atoms with E-state index < -0.39 is 57.8 Å². The lowest BCUT2D eigenvalue weighted by Crippen LogP contribution is -2.29. The van der Waals surface area contributed by atoms with Crippen molar-refractivity contribution in [1.82, 2.24) is 4.98 Å². The SMILES string of the molecule is O=S(=O)(OC1=CCC(F)(c2ncccc2F)CC1)C(F)(F)F. The van der Waals surface area contributed by atoms with Gasteiger partial charge >= 0.3 is 15.6 Å². The highest BCUT2D eigenvalue weighted by atomic mass is 32.2. The minimum atomic E-state index is -5.79. The highest BCUT2D eigenvalue weighted by molar-refractivity contribution is 7.87. The van der Waals surface area contributed by atoms with Crippen LogP contribution in [0, 0.1) is 5.82 Å². The Balaban J connectivity index is 2.18. The zero-order valence-corrected chi connectivity index (χ0v) is 11.7. The molecule has 122 valence electrons. The number of rotatable bonds is 3. The Kier molecular flexibility index (Phi) is 4.16. The summed E-state index contributed by atoms with van der Waals surface area (Å²) in [5, 5.41) is 0. The van der Waals surface area contributed by atoms with Crippen molar-refractivity contribution in [3.05, 3.63) is 41.7 Å². The number of hydrogen-bond donors (Lipinski definition) is 0. The molecule has 1 aromatic rings. The average molecular weight is 343 g/mol. The van der Waals surface area contributed by atoms with E-state index in [1.807, 2.05) is 0 Å².